The Labute approximate surface area is 175 Å². The highest BCUT2D eigenvalue weighted by Gasteiger charge is 2.31. The topological polar surface area (TPSA) is 52.9 Å². The molecule has 2 aromatic rings. The number of carboxylic acid groups (broad SMARTS) is 1. The number of aromatic carboxylic acids is 1. The predicted octanol–water partition coefficient (Wildman–Crippen LogP) is 6.34. The first-order valence-electron chi connectivity index (χ1n) is 9.52. The largest absolute Gasteiger partial charge is 0.478 e. The fourth-order valence-electron chi connectivity index (χ4n) is 3.75. The van der Waals surface area contributed by atoms with Gasteiger partial charge < -0.3 is 10.0 Å². The molecule has 0 bridgehead atoms. The molecule has 1 N–H and O–H groups in total. The average Bonchev–Trinajstić information content (AvgIpc) is 2.64. The number of anilines is 1. The van der Waals surface area contributed by atoms with E-state index >= 15 is 0 Å². The summed E-state index contributed by atoms with van der Waals surface area (Å²) in [6.45, 7) is 9.22. The molecule has 1 heterocycles. The Morgan fingerprint density at radius 1 is 1.31 bits per heavy atom. The molecule has 0 spiro atoms. The summed E-state index contributed by atoms with van der Waals surface area (Å²) >= 11 is 5.89. The van der Waals surface area contributed by atoms with Crippen LogP contribution in [0.25, 0.3) is 5.57 Å². The lowest BCUT2D eigenvalue weighted by Crippen LogP contribution is -2.45. The third-order valence-corrected chi connectivity index (χ3v) is 5.41. The standard InChI is InChI=1S/C23H24ClFN2O2/c1-5-8-27-21-11-20(25)15(9-17(21)14(2)12-23(27,3)4)13-26-16-6-7-19(24)18(10-16)22(28)29/h6-7,9-13H,5,8H2,1-4H3,(H,28,29). The van der Waals surface area contributed by atoms with Crippen LogP contribution in [0.1, 0.15) is 55.6 Å². The summed E-state index contributed by atoms with van der Waals surface area (Å²) in [6, 6.07) is 7.80. The molecule has 0 aromatic heterocycles. The molecule has 6 heteroatoms. The van der Waals surface area contributed by atoms with Crippen molar-refractivity contribution < 1.29 is 14.3 Å². The number of hydrogen-bond donors (Lipinski definition) is 1. The monoisotopic (exact) mass is 414 g/mol. The van der Waals surface area contributed by atoms with E-state index in [-0.39, 0.29) is 21.9 Å². The summed E-state index contributed by atoms with van der Waals surface area (Å²) in [7, 11) is 0. The van der Waals surface area contributed by atoms with E-state index in [1.807, 2.05) is 6.92 Å². The Balaban J connectivity index is 2.01. The van der Waals surface area contributed by atoms with Crippen LogP contribution in [-0.2, 0) is 0 Å². The Bertz CT molecular complexity index is 1030. The second-order valence-corrected chi connectivity index (χ2v) is 8.16. The third-order valence-electron chi connectivity index (χ3n) is 5.08. The van der Waals surface area contributed by atoms with Gasteiger partial charge in [-0.25, -0.2) is 9.18 Å². The van der Waals surface area contributed by atoms with Crippen LogP contribution in [0.2, 0.25) is 5.02 Å². The zero-order valence-electron chi connectivity index (χ0n) is 17.0. The van der Waals surface area contributed by atoms with Gasteiger partial charge in [-0.3, -0.25) is 4.99 Å². The van der Waals surface area contributed by atoms with Crippen LogP contribution in [-0.4, -0.2) is 29.4 Å². The lowest BCUT2D eigenvalue weighted by molar-refractivity contribution is 0.0697. The van der Waals surface area contributed by atoms with Gasteiger partial charge in [-0.15, -0.1) is 0 Å². The molecule has 0 fully saturated rings. The number of aliphatic imine (C=N–C) groups is 1. The Morgan fingerprint density at radius 2 is 2.03 bits per heavy atom. The van der Waals surface area contributed by atoms with Crippen molar-refractivity contribution in [3.05, 3.63) is 63.9 Å². The zero-order valence-corrected chi connectivity index (χ0v) is 17.7. The smallest absolute Gasteiger partial charge is 0.337 e. The molecule has 0 amide bonds. The number of carboxylic acids is 1. The second kappa shape index (κ2) is 7.99. The SMILES string of the molecule is CCCN1c2cc(F)c(C=Nc3ccc(Cl)c(C(=O)O)c3)cc2C(C)=CC1(C)C. The summed E-state index contributed by atoms with van der Waals surface area (Å²) in [6.07, 6.45) is 4.58. The summed E-state index contributed by atoms with van der Waals surface area (Å²) in [5.74, 6) is -1.50. The average molecular weight is 415 g/mol. The van der Waals surface area contributed by atoms with Gasteiger partial charge in [-0.2, -0.15) is 0 Å². The summed E-state index contributed by atoms with van der Waals surface area (Å²) in [5.41, 5.74) is 3.46. The van der Waals surface area contributed by atoms with Crippen LogP contribution in [0.3, 0.4) is 0 Å². The van der Waals surface area contributed by atoms with E-state index in [9.17, 15) is 14.3 Å². The van der Waals surface area contributed by atoms with Gasteiger partial charge in [0.2, 0.25) is 0 Å². The van der Waals surface area contributed by atoms with Gasteiger partial charge in [0.05, 0.1) is 21.8 Å². The number of fused-ring (bicyclic) bond motifs is 1. The minimum absolute atomic E-state index is 0.0385. The normalized spacial score (nSPS) is 15.4. The molecule has 0 atom stereocenters. The lowest BCUT2D eigenvalue weighted by atomic mass is 9.87. The zero-order chi connectivity index (χ0) is 21.3. The first-order valence-corrected chi connectivity index (χ1v) is 9.89. The van der Waals surface area contributed by atoms with E-state index < -0.39 is 5.97 Å². The minimum Gasteiger partial charge on any atom is -0.478 e. The molecule has 0 saturated carbocycles. The van der Waals surface area contributed by atoms with Crippen LogP contribution in [0.4, 0.5) is 15.8 Å². The molecule has 0 saturated heterocycles. The van der Waals surface area contributed by atoms with Crippen molar-refractivity contribution in [1.82, 2.24) is 0 Å². The number of hydrogen-bond acceptors (Lipinski definition) is 3. The van der Waals surface area contributed by atoms with E-state index in [4.69, 9.17) is 11.6 Å². The van der Waals surface area contributed by atoms with Crippen LogP contribution >= 0.6 is 11.6 Å². The number of rotatable bonds is 5. The van der Waals surface area contributed by atoms with Crippen molar-refractivity contribution >= 4 is 40.7 Å². The molecular formula is C23H24ClFN2O2. The molecule has 1 aliphatic heterocycles. The number of halogens is 2. The number of nitrogens with zero attached hydrogens (tertiary/aromatic N) is 2. The molecule has 0 aliphatic carbocycles. The summed E-state index contributed by atoms with van der Waals surface area (Å²) < 4.78 is 14.9. The second-order valence-electron chi connectivity index (χ2n) is 7.75. The van der Waals surface area contributed by atoms with Gasteiger partial charge in [0, 0.05) is 29.6 Å². The van der Waals surface area contributed by atoms with Crippen molar-refractivity contribution in [2.75, 3.05) is 11.4 Å². The highest BCUT2D eigenvalue weighted by molar-refractivity contribution is 6.33. The van der Waals surface area contributed by atoms with E-state index in [2.05, 4.69) is 36.7 Å². The van der Waals surface area contributed by atoms with Crippen LogP contribution < -0.4 is 4.90 Å². The lowest BCUT2D eigenvalue weighted by Gasteiger charge is -2.43. The maximum atomic E-state index is 14.9. The van der Waals surface area contributed by atoms with E-state index in [1.54, 1.807) is 18.2 Å². The van der Waals surface area contributed by atoms with Crippen molar-refractivity contribution in [2.24, 2.45) is 4.99 Å². The number of benzene rings is 2. The summed E-state index contributed by atoms with van der Waals surface area (Å²) in [5, 5.41) is 9.32. The number of allylic oxidation sites excluding steroid dienone is 1. The number of carbonyl (C=O) groups is 1. The molecular weight excluding hydrogens is 391 g/mol. The van der Waals surface area contributed by atoms with E-state index in [0.29, 0.717) is 11.3 Å². The van der Waals surface area contributed by atoms with Crippen LogP contribution in [0, 0.1) is 5.82 Å². The van der Waals surface area contributed by atoms with Crippen molar-refractivity contribution in [3.63, 3.8) is 0 Å². The molecule has 0 unspecified atom stereocenters. The fraction of sp³-hybridized carbons (Fsp3) is 0.304. The first-order chi connectivity index (χ1) is 13.6. The van der Waals surface area contributed by atoms with Crippen LogP contribution in [0.15, 0.2) is 41.4 Å². The molecule has 2 aromatic carbocycles. The quantitative estimate of drug-likeness (QED) is 0.581. The van der Waals surface area contributed by atoms with E-state index in [1.165, 1.54) is 18.3 Å². The van der Waals surface area contributed by atoms with Crippen molar-refractivity contribution in [3.8, 4) is 0 Å². The summed E-state index contributed by atoms with van der Waals surface area (Å²) in [4.78, 5) is 17.7. The maximum absolute atomic E-state index is 14.9. The highest BCUT2D eigenvalue weighted by atomic mass is 35.5. The van der Waals surface area contributed by atoms with Gasteiger partial charge >= 0.3 is 5.97 Å². The van der Waals surface area contributed by atoms with Gasteiger partial charge in [0.15, 0.2) is 0 Å². The molecule has 4 nitrogen and oxygen atoms in total. The Kier molecular flexibility index (Phi) is 5.80. The molecule has 3 rings (SSSR count). The molecule has 29 heavy (non-hydrogen) atoms. The molecule has 1 aliphatic rings. The molecule has 0 radical (unpaired) electrons. The first kappa shape index (κ1) is 21.1. The van der Waals surface area contributed by atoms with Crippen LogP contribution in [0.5, 0.6) is 0 Å². The maximum Gasteiger partial charge on any atom is 0.337 e. The minimum atomic E-state index is -1.13. The van der Waals surface area contributed by atoms with Gasteiger partial charge in [-0.1, -0.05) is 24.6 Å². The van der Waals surface area contributed by atoms with Gasteiger partial charge in [0.25, 0.3) is 0 Å². The predicted molar refractivity (Wildman–Crippen MR) is 117 cm³/mol. The third kappa shape index (κ3) is 4.20. The van der Waals surface area contributed by atoms with Crippen molar-refractivity contribution in [2.45, 2.75) is 39.7 Å². The molecule has 152 valence electrons. The van der Waals surface area contributed by atoms with Gasteiger partial charge in [0.1, 0.15) is 5.82 Å². The van der Waals surface area contributed by atoms with Crippen molar-refractivity contribution in [1.29, 1.82) is 0 Å². The highest BCUT2D eigenvalue weighted by Crippen LogP contribution is 2.40. The van der Waals surface area contributed by atoms with E-state index in [0.717, 1.165) is 29.8 Å². The Morgan fingerprint density at radius 3 is 2.69 bits per heavy atom. The fourth-order valence-corrected chi connectivity index (χ4v) is 3.95. The van der Waals surface area contributed by atoms with Gasteiger partial charge in [-0.05, 0) is 63.1 Å². The Hall–Kier alpha value is -2.66.